The number of furan rings is 1. The zero-order valence-corrected chi connectivity index (χ0v) is 24.6. The Labute approximate surface area is 263 Å². The summed E-state index contributed by atoms with van der Waals surface area (Å²) in [6, 6.07) is 50.5. The summed E-state index contributed by atoms with van der Waals surface area (Å²) in [5, 5.41) is 9.12. The number of para-hydroxylation sites is 2. The van der Waals surface area contributed by atoms with Gasteiger partial charge in [-0.15, -0.1) is 0 Å². The van der Waals surface area contributed by atoms with Crippen LogP contribution in [0.1, 0.15) is 0 Å². The van der Waals surface area contributed by atoms with Crippen LogP contribution in [0.4, 0.5) is 0 Å². The molecule has 3 aromatic heterocycles. The Morgan fingerprint density at radius 1 is 0.435 bits per heavy atom. The van der Waals surface area contributed by atoms with Crippen LogP contribution in [0.2, 0.25) is 0 Å². The molecule has 5 heteroatoms. The third-order valence-corrected chi connectivity index (χ3v) is 9.00. The van der Waals surface area contributed by atoms with Gasteiger partial charge in [-0.1, -0.05) is 109 Å². The third-order valence-electron chi connectivity index (χ3n) is 9.00. The lowest BCUT2D eigenvalue weighted by Gasteiger charge is -2.11. The fraction of sp³-hybridized carbons (Fsp3) is 0. The molecule has 0 saturated carbocycles. The maximum Gasteiger partial charge on any atom is 0.238 e. The van der Waals surface area contributed by atoms with Gasteiger partial charge in [-0.05, 0) is 57.9 Å². The number of benzene rings is 7. The van der Waals surface area contributed by atoms with Gasteiger partial charge in [0, 0.05) is 27.1 Å². The van der Waals surface area contributed by atoms with Crippen LogP contribution in [0.5, 0.6) is 0 Å². The predicted molar refractivity (Wildman–Crippen MR) is 187 cm³/mol. The lowest BCUT2D eigenvalue weighted by atomic mass is 10.0. The van der Waals surface area contributed by atoms with Gasteiger partial charge in [0.15, 0.2) is 11.6 Å². The van der Waals surface area contributed by atoms with Crippen molar-refractivity contribution in [2.24, 2.45) is 0 Å². The highest BCUT2D eigenvalue weighted by Crippen LogP contribution is 2.38. The average Bonchev–Trinajstić information content (AvgIpc) is 3.65. The zero-order valence-electron chi connectivity index (χ0n) is 24.6. The van der Waals surface area contributed by atoms with Crippen LogP contribution in [0.3, 0.4) is 0 Å². The third kappa shape index (κ3) is 3.72. The van der Waals surface area contributed by atoms with Gasteiger partial charge in [0.1, 0.15) is 11.2 Å². The fourth-order valence-corrected chi connectivity index (χ4v) is 6.83. The van der Waals surface area contributed by atoms with Crippen molar-refractivity contribution < 1.29 is 4.42 Å². The van der Waals surface area contributed by atoms with Crippen molar-refractivity contribution in [3.8, 4) is 28.7 Å². The molecule has 0 aliphatic heterocycles. The fourth-order valence-electron chi connectivity index (χ4n) is 6.83. The van der Waals surface area contributed by atoms with E-state index >= 15 is 0 Å². The number of aromatic nitrogens is 4. The van der Waals surface area contributed by atoms with Gasteiger partial charge in [0.2, 0.25) is 5.95 Å². The van der Waals surface area contributed by atoms with Gasteiger partial charge in [0.05, 0.1) is 16.6 Å². The van der Waals surface area contributed by atoms with Crippen molar-refractivity contribution in [1.82, 2.24) is 19.5 Å². The largest absolute Gasteiger partial charge is 0.455 e. The Bertz CT molecular complexity index is 2720. The van der Waals surface area contributed by atoms with E-state index in [1.165, 1.54) is 10.8 Å². The van der Waals surface area contributed by atoms with Crippen LogP contribution < -0.4 is 0 Å². The number of nitrogens with zero attached hydrogens (tertiary/aromatic N) is 4. The Hall–Kier alpha value is -6.33. The molecule has 0 saturated heterocycles. The van der Waals surface area contributed by atoms with E-state index in [-0.39, 0.29) is 0 Å². The van der Waals surface area contributed by atoms with Crippen LogP contribution in [0, 0.1) is 0 Å². The van der Waals surface area contributed by atoms with E-state index < -0.39 is 0 Å². The lowest BCUT2D eigenvalue weighted by Crippen LogP contribution is -2.06. The molecule has 0 radical (unpaired) electrons. The second kappa shape index (κ2) is 9.58. The monoisotopic (exact) mass is 588 g/mol. The van der Waals surface area contributed by atoms with Gasteiger partial charge < -0.3 is 4.42 Å². The molecule has 10 rings (SSSR count). The normalized spacial score (nSPS) is 11.9. The molecule has 0 unspecified atom stereocenters. The first-order chi connectivity index (χ1) is 22.8. The molecular formula is C41H24N4O. The minimum absolute atomic E-state index is 0.558. The Morgan fingerprint density at radius 3 is 1.70 bits per heavy atom. The molecule has 0 aliphatic rings. The van der Waals surface area contributed by atoms with E-state index in [4.69, 9.17) is 19.4 Å². The Kier molecular flexibility index (Phi) is 5.22. The molecule has 0 spiro atoms. The van der Waals surface area contributed by atoms with Gasteiger partial charge in [-0.3, -0.25) is 4.57 Å². The summed E-state index contributed by atoms with van der Waals surface area (Å²) in [7, 11) is 0. The zero-order chi connectivity index (χ0) is 30.2. The summed E-state index contributed by atoms with van der Waals surface area (Å²) >= 11 is 0. The molecule has 0 N–H and O–H groups in total. The van der Waals surface area contributed by atoms with Gasteiger partial charge in [-0.25, -0.2) is 4.98 Å². The number of rotatable bonds is 3. The second-order valence-corrected chi connectivity index (χ2v) is 11.7. The molecule has 10 aromatic rings. The standard InChI is InChI=1S/C41H24N4O/c1-2-11-25(12-3-1)39-42-40(32-19-10-18-31-30-17-8-9-20-37(30)46-38(31)32)44-41(43-39)45-35-23-28-15-6-4-13-26(28)21-33(35)34-22-27-14-5-7-16-29(27)24-36(34)45/h1-24H. The van der Waals surface area contributed by atoms with Crippen LogP contribution in [-0.4, -0.2) is 19.5 Å². The highest BCUT2D eigenvalue weighted by Gasteiger charge is 2.21. The van der Waals surface area contributed by atoms with Crippen molar-refractivity contribution in [2.45, 2.75) is 0 Å². The van der Waals surface area contributed by atoms with E-state index in [0.717, 1.165) is 65.6 Å². The molecule has 0 atom stereocenters. The van der Waals surface area contributed by atoms with Gasteiger partial charge in [-0.2, -0.15) is 9.97 Å². The summed E-state index contributed by atoms with van der Waals surface area (Å²) in [6.45, 7) is 0. The van der Waals surface area contributed by atoms with Crippen LogP contribution in [0.15, 0.2) is 150 Å². The van der Waals surface area contributed by atoms with E-state index in [1.54, 1.807) is 0 Å². The molecule has 0 fully saturated rings. The Balaban J connectivity index is 1.33. The van der Waals surface area contributed by atoms with Crippen LogP contribution >= 0.6 is 0 Å². The molecule has 46 heavy (non-hydrogen) atoms. The quantitative estimate of drug-likeness (QED) is 0.206. The minimum atomic E-state index is 0.558. The maximum absolute atomic E-state index is 6.44. The van der Waals surface area contributed by atoms with Crippen molar-refractivity contribution >= 4 is 65.3 Å². The molecule has 214 valence electrons. The topological polar surface area (TPSA) is 56.7 Å². The molecule has 0 amide bonds. The van der Waals surface area contributed by atoms with Gasteiger partial charge in [0.25, 0.3) is 0 Å². The number of hydrogen-bond donors (Lipinski definition) is 0. The van der Waals surface area contributed by atoms with E-state index in [2.05, 4.69) is 89.5 Å². The second-order valence-electron chi connectivity index (χ2n) is 11.7. The van der Waals surface area contributed by atoms with Crippen molar-refractivity contribution in [3.05, 3.63) is 146 Å². The minimum Gasteiger partial charge on any atom is -0.455 e. The summed E-state index contributed by atoms with van der Waals surface area (Å²) < 4.78 is 8.64. The lowest BCUT2D eigenvalue weighted by molar-refractivity contribution is 0.669. The highest BCUT2D eigenvalue weighted by molar-refractivity contribution is 6.16. The molecule has 0 bridgehead atoms. The van der Waals surface area contributed by atoms with E-state index in [9.17, 15) is 0 Å². The predicted octanol–water partition coefficient (Wildman–Crippen LogP) is 10.5. The highest BCUT2D eigenvalue weighted by atomic mass is 16.3. The molecule has 5 nitrogen and oxygen atoms in total. The molecular weight excluding hydrogens is 564 g/mol. The summed E-state index contributed by atoms with van der Waals surface area (Å²) in [5.41, 5.74) is 5.43. The summed E-state index contributed by atoms with van der Waals surface area (Å²) in [5.74, 6) is 1.72. The molecule has 0 aliphatic carbocycles. The van der Waals surface area contributed by atoms with Crippen molar-refractivity contribution in [1.29, 1.82) is 0 Å². The summed E-state index contributed by atoms with van der Waals surface area (Å²) in [6.07, 6.45) is 0. The van der Waals surface area contributed by atoms with Crippen molar-refractivity contribution in [2.75, 3.05) is 0 Å². The van der Waals surface area contributed by atoms with Crippen LogP contribution in [-0.2, 0) is 0 Å². The summed E-state index contributed by atoms with van der Waals surface area (Å²) in [4.78, 5) is 15.5. The van der Waals surface area contributed by atoms with Crippen LogP contribution in [0.25, 0.3) is 94.0 Å². The SMILES string of the molecule is c1ccc(-c2nc(-c3cccc4c3oc3ccccc34)nc(-n3c4cc5ccccc5cc4c4cc5ccccc5cc43)n2)cc1. The Morgan fingerprint density at radius 2 is 1.00 bits per heavy atom. The maximum atomic E-state index is 6.44. The first-order valence-corrected chi connectivity index (χ1v) is 15.4. The first kappa shape index (κ1) is 25.0. The average molecular weight is 589 g/mol. The number of hydrogen-bond acceptors (Lipinski definition) is 4. The van der Waals surface area contributed by atoms with E-state index in [0.29, 0.717) is 17.6 Å². The van der Waals surface area contributed by atoms with E-state index in [1.807, 2.05) is 60.7 Å². The number of fused-ring (bicyclic) bond motifs is 8. The van der Waals surface area contributed by atoms with Crippen molar-refractivity contribution in [3.63, 3.8) is 0 Å². The van der Waals surface area contributed by atoms with Gasteiger partial charge >= 0.3 is 0 Å². The molecule has 3 heterocycles. The molecule has 7 aromatic carbocycles. The smallest absolute Gasteiger partial charge is 0.238 e. The first-order valence-electron chi connectivity index (χ1n) is 15.4.